The summed E-state index contributed by atoms with van der Waals surface area (Å²) in [6, 6.07) is 2.85. The van der Waals surface area contributed by atoms with Crippen LogP contribution in [0.1, 0.15) is 16.2 Å². The van der Waals surface area contributed by atoms with Gasteiger partial charge in [-0.05, 0) is 28.1 Å². The van der Waals surface area contributed by atoms with E-state index in [1.54, 1.807) is 11.6 Å². The summed E-state index contributed by atoms with van der Waals surface area (Å²) in [7, 11) is 3.21. The molecular weight excluding hydrogens is 364 g/mol. The van der Waals surface area contributed by atoms with Crippen molar-refractivity contribution in [3.63, 3.8) is 0 Å². The number of hydrogen-bond acceptors (Lipinski definition) is 4. The number of ether oxygens (including phenoxy) is 2. The number of carboxylic acid groups (broad SMARTS) is 1. The second kappa shape index (κ2) is 6.36. The average Bonchev–Trinajstić information content (AvgIpc) is 2.76. The number of benzene rings is 1. The van der Waals surface area contributed by atoms with Gasteiger partial charge < -0.3 is 19.1 Å². The molecule has 0 aliphatic carbocycles. The third kappa shape index (κ3) is 3.30. The lowest BCUT2D eigenvalue weighted by atomic mass is 10.2. The summed E-state index contributed by atoms with van der Waals surface area (Å²) in [5, 5.41) is 9.52. The number of nitrogens with zero attached hydrogens (tertiary/aromatic N) is 2. The van der Waals surface area contributed by atoms with Crippen LogP contribution in [0.25, 0.3) is 0 Å². The van der Waals surface area contributed by atoms with E-state index in [1.807, 2.05) is 0 Å². The molecule has 1 aromatic carbocycles. The number of aromatic nitrogens is 2. The Hall–Kier alpha value is -1.73. The van der Waals surface area contributed by atoms with Gasteiger partial charge >= 0.3 is 5.97 Å². The van der Waals surface area contributed by atoms with Gasteiger partial charge in [-0.1, -0.05) is 11.6 Å². The second-order valence-corrected chi connectivity index (χ2v) is 5.38. The van der Waals surface area contributed by atoms with E-state index in [1.165, 1.54) is 25.4 Å². The lowest BCUT2D eigenvalue weighted by Gasteiger charge is -2.13. The van der Waals surface area contributed by atoms with Crippen molar-refractivity contribution in [1.82, 2.24) is 9.55 Å². The Morgan fingerprint density at radius 3 is 2.76 bits per heavy atom. The predicted octanol–water partition coefficient (Wildman–Crippen LogP) is 3.12. The third-order valence-electron chi connectivity index (χ3n) is 2.85. The highest BCUT2D eigenvalue weighted by Crippen LogP contribution is 2.37. The zero-order valence-electron chi connectivity index (χ0n) is 11.3. The molecule has 0 aliphatic heterocycles. The van der Waals surface area contributed by atoms with Crippen LogP contribution >= 0.6 is 27.5 Å². The minimum absolute atomic E-state index is 0.103. The van der Waals surface area contributed by atoms with Gasteiger partial charge in [0.2, 0.25) is 0 Å². The largest absolute Gasteiger partial charge is 0.493 e. The summed E-state index contributed by atoms with van der Waals surface area (Å²) >= 11 is 9.19. The number of methoxy groups -OCH3 is 1. The minimum Gasteiger partial charge on any atom is -0.493 e. The van der Waals surface area contributed by atoms with E-state index in [0.717, 1.165) is 0 Å². The van der Waals surface area contributed by atoms with E-state index in [-0.39, 0.29) is 12.2 Å². The van der Waals surface area contributed by atoms with Crippen molar-refractivity contribution in [3.8, 4) is 11.5 Å². The van der Waals surface area contributed by atoms with Crippen molar-refractivity contribution in [2.45, 2.75) is 6.61 Å². The molecular formula is C13H12BrClN2O4. The first-order valence-corrected chi connectivity index (χ1v) is 7.00. The fraction of sp³-hybridized carbons (Fsp3) is 0.231. The fourth-order valence-electron chi connectivity index (χ4n) is 1.68. The Morgan fingerprint density at radius 1 is 1.52 bits per heavy atom. The Morgan fingerprint density at radius 2 is 2.24 bits per heavy atom. The first kappa shape index (κ1) is 15.7. The van der Waals surface area contributed by atoms with Gasteiger partial charge in [-0.25, -0.2) is 9.78 Å². The van der Waals surface area contributed by atoms with Crippen molar-refractivity contribution in [2.24, 2.45) is 7.05 Å². The van der Waals surface area contributed by atoms with Crippen molar-refractivity contribution in [3.05, 3.63) is 39.3 Å². The predicted molar refractivity (Wildman–Crippen MR) is 80.2 cm³/mol. The van der Waals surface area contributed by atoms with Gasteiger partial charge in [0, 0.05) is 7.05 Å². The van der Waals surface area contributed by atoms with Crippen LogP contribution in [0.2, 0.25) is 5.15 Å². The van der Waals surface area contributed by atoms with Crippen LogP contribution < -0.4 is 9.47 Å². The van der Waals surface area contributed by atoms with Gasteiger partial charge in [-0.15, -0.1) is 0 Å². The summed E-state index contributed by atoms with van der Waals surface area (Å²) in [5.41, 5.74) is 0.103. The molecule has 2 aromatic rings. The molecule has 6 nitrogen and oxygen atoms in total. The summed E-state index contributed by atoms with van der Waals surface area (Å²) in [4.78, 5) is 15.1. The van der Waals surface area contributed by atoms with E-state index < -0.39 is 5.97 Å². The summed E-state index contributed by atoms with van der Waals surface area (Å²) in [6.07, 6.45) is 1.53. The number of carboxylic acids is 1. The van der Waals surface area contributed by atoms with Crippen LogP contribution in [0.3, 0.4) is 0 Å². The lowest BCUT2D eigenvalue weighted by molar-refractivity contribution is 0.0696. The van der Waals surface area contributed by atoms with Gasteiger partial charge in [0.05, 0.1) is 23.3 Å². The molecule has 1 N–H and O–H groups in total. The maximum atomic E-state index is 11.0. The van der Waals surface area contributed by atoms with Crippen molar-refractivity contribution in [2.75, 3.05) is 7.11 Å². The molecule has 0 bridgehead atoms. The molecule has 0 aliphatic rings. The van der Waals surface area contributed by atoms with Crippen LogP contribution in [0, 0.1) is 0 Å². The standard InChI is InChI=1S/C13H12BrClN2O4/c1-17-10(15)5-16-11(17)6-21-12-8(14)3-7(13(18)19)4-9(12)20-2/h3-5H,6H2,1-2H3,(H,18,19). The van der Waals surface area contributed by atoms with Crippen molar-refractivity contribution >= 4 is 33.5 Å². The van der Waals surface area contributed by atoms with E-state index in [0.29, 0.717) is 26.9 Å². The van der Waals surface area contributed by atoms with Crippen molar-refractivity contribution < 1.29 is 19.4 Å². The van der Waals surface area contributed by atoms with Gasteiger partial charge in [0.15, 0.2) is 11.5 Å². The highest BCUT2D eigenvalue weighted by Gasteiger charge is 2.16. The molecule has 0 amide bonds. The number of halogens is 2. The van der Waals surface area contributed by atoms with Crippen molar-refractivity contribution in [1.29, 1.82) is 0 Å². The van der Waals surface area contributed by atoms with Gasteiger partial charge in [-0.2, -0.15) is 0 Å². The molecule has 0 saturated carbocycles. The Bertz CT molecular complexity index is 687. The number of rotatable bonds is 5. The molecule has 2 rings (SSSR count). The Kier molecular flexibility index (Phi) is 4.74. The molecule has 0 radical (unpaired) electrons. The molecule has 1 aromatic heterocycles. The van der Waals surface area contributed by atoms with E-state index in [9.17, 15) is 4.79 Å². The topological polar surface area (TPSA) is 73.6 Å². The molecule has 21 heavy (non-hydrogen) atoms. The van der Waals surface area contributed by atoms with Crippen LogP contribution in [0.15, 0.2) is 22.8 Å². The number of imidazole rings is 1. The normalized spacial score (nSPS) is 10.5. The first-order valence-electron chi connectivity index (χ1n) is 5.83. The van der Waals surface area contributed by atoms with Crippen LogP contribution in [-0.4, -0.2) is 27.7 Å². The monoisotopic (exact) mass is 374 g/mol. The molecule has 0 atom stereocenters. The highest BCUT2D eigenvalue weighted by atomic mass is 79.9. The fourth-order valence-corrected chi connectivity index (χ4v) is 2.38. The quantitative estimate of drug-likeness (QED) is 0.869. The smallest absolute Gasteiger partial charge is 0.335 e. The first-order chi connectivity index (χ1) is 9.93. The Balaban J connectivity index is 2.27. The van der Waals surface area contributed by atoms with Gasteiger partial charge in [0.25, 0.3) is 0 Å². The zero-order chi connectivity index (χ0) is 15.6. The van der Waals surface area contributed by atoms with Gasteiger partial charge in [0.1, 0.15) is 17.6 Å². The second-order valence-electron chi connectivity index (χ2n) is 4.14. The molecule has 0 spiro atoms. The number of carbonyl (C=O) groups is 1. The van der Waals surface area contributed by atoms with E-state index >= 15 is 0 Å². The number of hydrogen-bond donors (Lipinski definition) is 1. The maximum absolute atomic E-state index is 11.0. The molecule has 0 saturated heterocycles. The SMILES string of the molecule is COc1cc(C(=O)O)cc(Br)c1OCc1ncc(Cl)n1C. The van der Waals surface area contributed by atoms with Crippen LogP contribution in [0.5, 0.6) is 11.5 Å². The summed E-state index contributed by atoms with van der Waals surface area (Å²) < 4.78 is 13.0. The summed E-state index contributed by atoms with van der Waals surface area (Å²) in [5.74, 6) is 0.316. The number of aromatic carboxylic acids is 1. The lowest BCUT2D eigenvalue weighted by Crippen LogP contribution is -2.06. The van der Waals surface area contributed by atoms with Crippen LogP contribution in [-0.2, 0) is 13.7 Å². The Labute approximate surface area is 134 Å². The molecule has 0 unspecified atom stereocenters. The molecule has 112 valence electrons. The molecule has 8 heteroatoms. The zero-order valence-corrected chi connectivity index (χ0v) is 13.6. The molecule has 1 heterocycles. The molecule has 0 fully saturated rings. The average molecular weight is 376 g/mol. The van der Waals surface area contributed by atoms with E-state index in [2.05, 4.69) is 20.9 Å². The summed E-state index contributed by atoms with van der Waals surface area (Å²) in [6.45, 7) is 0.171. The van der Waals surface area contributed by atoms with Crippen LogP contribution in [0.4, 0.5) is 0 Å². The highest BCUT2D eigenvalue weighted by molar-refractivity contribution is 9.10. The van der Waals surface area contributed by atoms with Gasteiger partial charge in [-0.3, -0.25) is 0 Å². The maximum Gasteiger partial charge on any atom is 0.335 e. The minimum atomic E-state index is -1.04. The third-order valence-corrected chi connectivity index (χ3v) is 3.79. The van der Waals surface area contributed by atoms with E-state index in [4.69, 9.17) is 26.2 Å².